The molecule has 0 aliphatic rings. The molecule has 0 radical (unpaired) electrons. The van der Waals surface area contributed by atoms with Gasteiger partial charge in [-0.05, 0) is 70.4 Å². The van der Waals surface area contributed by atoms with Crippen molar-refractivity contribution in [1.82, 2.24) is 0 Å². The second-order valence-electron chi connectivity index (χ2n) is 6.74. The molecule has 4 aromatic rings. The van der Waals surface area contributed by atoms with E-state index in [-0.39, 0.29) is 11.9 Å². The number of methoxy groups -OCH3 is 1. The minimum Gasteiger partial charge on any atom is -0.497 e. The molecule has 0 aliphatic heterocycles. The highest BCUT2D eigenvalue weighted by Crippen LogP contribution is 2.29. The molecule has 28 heavy (non-hydrogen) atoms. The zero-order valence-electron chi connectivity index (χ0n) is 15.6. The monoisotopic (exact) mass is 434 g/mol. The SMILES string of the molecule is COc1ccc2cc([C@H](C)C(=O)Oc3ccc4c(Br)cccc4c3)ccc2c1. The summed E-state index contributed by atoms with van der Waals surface area (Å²) < 4.78 is 11.9. The second-order valence-corrected chi connectivity index (χ2v) is 7.59. The van der Waals surface area contributed by atoms with Gasteiger partial charge in [-0.25, -0.2) is 0 Å². The third-order valence-corrected chi connectivity index (χ3v) is 5.63. The molecule has 0 N–H and O–H groups in total. The van der Waals surface area contributed by atoms with Gasteiger partial charge in [0.05, 0.1) is 13.0 Å². The predicted molar refractivity (Wildman–Crippen MR) is 116 cm³/mol. The number of ether oxygens (including phenoxy) is 2. The number of rotatable bonds is 4. The molecule has 4 heteroatoms. The Labute approximate surface area is 172 Å². The molecule has 0 bridgehead atoms. The summed E-state index contributed by atoms with van der Waals surface area (Å²) >= 11 is 3.54. The number of halogens is 1. The van der Waals surface area contributed by atoms with Gasteiger partial charge in [-0.2, -0.15) is 0 Å². The van der Waals surface area contributed by atoms with Gasteiger partial charge in [0.2, 0.25) is 0 Å². The minimum atomic E-state index is -0.371. The summed E-state index contributed by atoms with van der Waals surface area (Å²) in [6, 6.07) is 23.5. The van der Waals surface area contributed by atoms with E-state index in [0.29, 0.717) is 5.75 Å². The Morgan fingerprint density at radius 1 is 0.857 bits per heavy atom. The smallest absolute Gasteiger partial charge is 0.318 e. The van der Waals surface area contributed by atoms with E-state index in [1.54, 1.807) is 7.11 Å². The van der Waals surface area contributed by atoms with Gasteiger partial charge in [0.15, 0.2) is 0 Å². The number of fused-ring (bicyclic) bond motifs is 2. The van der Waals surface area contributed by atoms with Crippen molar-refractivity contribution < 1.29 is 14.3 Å². The normalized spacial score (nSPS) is 12.1. The number of esters is 1. The molecular weight excluding hydrogens is 416 g/mol. The maximum absolute atomic E-state index is 12.7. The number of hydrogen-bond acceptors (Lipinski definition) is 3. The molecule has 0 amide bonds. The standard InChI is InChI=1S/C24H19BrO3/c1-15(16-6-7-18-13-20(27-2)9-8-17(18)12-16)24(26)28-21-10-11-22-19(14-21)4-3-5-23(22)25/h3-15H,1-2H3/t15-/m0/s1. The Hall–Kier alpha value is -2.85. The zero-order chi connectivity index (χ0) is 19.7. The molecule has 3 nitrogen and oxygen atoms in total. The van der Waals surface area contributed by atoms with Gasteiger partial charge in [0.1, 0.15) is 11.5 Å². The van der Waals surface area contributed by atoms with Crippen LogP contribution in [0.2, 0.25) is 0 Å². The number of hydrogen-bond donors (Lipinski definition) is 0. The maximum atomic E-state index is 12.7. The molecule has 4 rings (SSSR count). The zero-order valence-corrected chi connectivity index (χ0v) is 17.2. The molecule has 1 atom stereocenters. The lowest BCUT2D eigenvalue weighted by molar-refractivity contribution is -0.135. The molecule has 0 aromatic heterocycles. The first kappa shape index (κ1) is 18.5. The topological polar surface area (TPSA) is 35.5 Å². The number of carbonyl (C=O) groups excluding carboxylic acids is 1. The van der Waals surface area contributed by atoms with E-state index < -0.39 is 0 Å². The molecule has 0 spiro atoms. The van der Waals surface area contributed by atoms with E-state index >= 15 is 0 Å². The quantitative estimate of drug-likeness (QED) is 0.272. The summed E-state index contributed by atoms with van der Waals surface area (Å²) in [5.74, 6) is 0.718. The third kappa shape index (κ3) is 3.60. The summed E-state index contributed by atoms with van der Waals surface area (Å²) in [4.78, 5) is 12.7. The van der Waals surface area contributed by atoms with Crippen LogP contribution in [0.15, 0.2) is 77.3 Å². The summed E-state index contributed by atoms with van der Waals surface area (Å²) in [6.45, 7) is 1.87. The highest BCUT2D eigenvalue weighted by molar-refractivity contribution is 9.10. The van der Waals surface area contributed by atoms with Gasteiger partial charge in [-0.15, -0.1) is 0 Å². The van der Waals surface area contributed by atoms with E-state index in [2.05, 4.69) is 15.9 Å². The van der Waals surface area contributed by atoms with Crippen LogP contribution in [-0.2, 0) is 4.79 Å². The third-order valence-electron chi connectivity index (χ3n) is 4.94. The van der Waals surface area contributed by atoms with Crippen LogP contribution < -0.4 is 9.47 Å². The van der Waals surface area contributed by atoms with E-state index in [1.807, 2.05) is 79.7 Å². The van der Waals surface area contributed by atoms with E-state index in [4.69, 9.17) is 9.47 Å². The van der Waals surface area contributed by atoms with Crippen LogP contribution in [0.4, 0.5) is 0 Å². The van der Waals surface area contributed by atoms with Gasteiger partial charge in [-0.1, -0.05) is 52.3 Å². The van der Waals surface area contributed by atoms with Crippen molar-refractivity contribution in [2.45, 2.75) is 12.8 Å². The molecule has 0 unspecified atom stereocenters. The molecule has 0 heterocycles. The van der Waals surface area contributed by atoms with Crippen molar-refractivity contribution in [3.05, 3.63) is 82.8 Å². The lowest BCUT2D eigenvalue weighted by Crippen LogP contribution is -2.16. The first-order chi connectivity index (χ1) is 13.5. The summed E-state index contributed by atoms with van der Waals surface area (Å²) in [5.41, 5.74) is 0.922. The fourth-order valence-electron chi connectivity index (χ4n) is 3.26. The van der Waals surface area contributed by atoms with Gasteiger partial charge in [-0.3, -0.25) is 4.79 Å². The van der Waals surface area contributed by atoms with Gasteiger partial charge in [0, 0.05) is 4.47 Å². The van der Waals surface area contributed by atoms with Crippen LogP contribution in [0.3, 0.4) is 0 Å². The first-order valence-corrected chi connectivity index (χ1v) is 9.82. The Kier molecular flexibility index (Phi) is 5.05. The second kappa shape index (κ2) is 7.64. The molecule has 0 saturated carbocycles. The van der Waals surface area contributed by atoms with Crippen LogP contribution in [0.5, 0.6) is 11.5 Å². The fraction of sp³-hybridized carbons (Fsp3) is 0.125. The Morgan fingerprint density at radius 2 is 1.57 bits per heavy atom. The predicted octanol–water partition coefficient (Wildman–Crippen LogP) is 6.47. The highest BCUT2D eigenvalue weighted by atomic mass is 79.9. The lowest BCUT2D eigenvalue weighted by atomic mass is 9.98. The molecule has 0 aliphatic carbocycles. The minimum absolute atomic E-state index is 0.276. The Balaban J connectivity index is 1.57. The van der Waals surface area contributed by atoms with Crippen LogP contribution in [0, 0.1) is 0 Å². The van der Waals surface area contributed by atoms with Crippen LogP contribution in [-0.4, -0.2) is 13.1 Å². The fourth-order valence-corrected chi connectivity index (χ4v) is 3.78. The van der Waals surface area contributed by atoms with Crippen LogP contribution >= 0.6 is 15.9 Å². The van der Waals surface area contributed by atoms with Crippen molar-refractivity contribution in [2.24, 2.45) is 0 Å². The van der Waals surface area contributed by atoms with Gasteiger partial charge < -0.3 is 9.47 Å². The van der Waals surface area contributed by atoms with Crippen LogP contribution in [0.25, 0.3) is 21.5 Å². The molecular formula is C24H19BrO3. The highest BCUT2D eigenvalue weighted by Gasteiger charge is 2.18. The average Bonchev–Trinajstić information content (AvgIpc) is 2.72. The number of carbonyl (C=O) groups is 1. The largest absolute Gasteiger partial charge is 0.497 e. The summed E-state index contributed by atoms with van der Waals surface area (Å²) in [5, 5.41) is 4.24. The van der Waals surface area contributed by atoms with Gasteiger partial charge >= 0.3 is 5.97 Å². The molecule has 0 fully saturated rings. The maximum Gasteiger partial charge on any atom is 0.318 e. The van der Waals surface area contributed by atoms with E-state index in [9.17, 15) is 4.79 Å². The van der Waals surface area contributed by atoms with Crippen molar-refractivity contribution in [2.75, 3.05) is 7.11 Å². The van der Waals surface area contributed by atoms with Crippen molar-refractivity contribution >= 4 is 43.4 Å². The van der Waals surface area contributed by atoms with Crippen molar-refractivity contribution in [3.8, 4) is 11.5 Å². The molecule has 0 saturated heterocycles. The van der Waals surface area contributed by atoms with E-state index in [1.165, 1.54) is 0 Å². The summed E-state index contributed by atoms with van der Waals surface area (Å²) in [7, 11) is 1.65. The Morgan fingerprint density at radius 3 is 2.39 bits per heavy atom. The van der Waals surface area contributed by atoms with Crippen LogP contribution in [0.1, 0.15) is 18.4 Å². The van der Waals surface area contributed by atoms with Gasteiger partial charge in [0.25, 0.3) is 0 Å². The van der Waals surface area contributed by atoms with Crippen molar-refractivity contribution in [1.29, 1.82) is 0 Å². The van der Waals surface area contributed by atoms with E-state index in [0.717, 1.165) is 37.3 Å². The average molecular weight is 435 g/mol. The summed E-state index contributed by atoms with van der Waals surface area (Å²) in [6.07, 6.45) is 0. The first-order valence-electron chi connectivity index (χ1n) is 9.03. The van der Waals surface area contributed by atoms with Crippen molar-refractivity contribution in [3.63, 3.8) is 0 Å². The number of benzene rings is 4. The molecule has 140 valence electrons. The molecule has 4 aromatic carbocycles. The lowest BCUT2D eigenvalue weighted by Gasteiger charge is -2.13. The Bertz CT molecular complexity index is 1180.